The second-order valence-corrected chi connectivity index (χ2v) is 3.37. The van der Waals surface area contributed by atoms with E-state index in [0.29, 0.717) is 11.3 Å². The van der Waals surface area contributed by atoms with Crippen molar-refractivity contribution in [3.8, 4) is 16.9 Å². The summed E-state index contributed by atoms with van der Waals surface area (Å²) in [5.74, 6) is 0.199. The van der Waals surface area contributed by atoms with Gasteiger partial charge in [-0.1, -0.05) is 23.7 Å². The molecule has 0 amide bonds. The first-order valence-electron chi connectivity index (χ1n) is 4.24. The minimum atomic E-state index is 0.181. The summed E-state index contributed by atoms with van der Waals surface area (Å²) in [6.07, 6.45) is 1.54. The lowest BCUT2D eigenvalue weighted by Gasteiger charge is -2.05. The standard InChI is InChI=1S/C10H8ClN3O/c11-10-9(12)8(5-13-14-10)6-1-3-7(15)4-2-6/h1-5,15H,(H2,12,13). The number of aromatic nitrogens is 2. The molecule has 1 heterocycles. The van der Waals surface area contributed by atoms with E-state index in [2.05, 4.69) is 10.2 Å². The molecule has 0 unspecified atom stereocenters. The molecule has 0 aliphatic heterocycles. The topological polar surface area (TPSA) is 72.0 Å². The number of halogens is 1. The van der Waals surface area contributed by atoms with Gasteiger partial charge in [-0.05, 0) is 17.7 Å². The van der Waals surface area contributed by atoms with Gasteiger partial charge in [-0.2, -0.15) is 5.10 Å². The molecule has 2 aromatic rings. The summed E-state index contributed by atoms with van der Waals surface area (Å²) in [6, 6.07) is 6.62. The van der Waals surface area contributed by atoms with Crippen LogP contribution >= 0.6 is 11.6 Å². The highest BCUT2D eigenvalue weighted by atomic mass is 35.5. The zero-order valence-electron chi connectivity index (χ0n) is 7.68. The Morgan fingerprint density at radius 1 is 1.20 bits per heavy atom. The Morgan fingerprint density at radius 3 is 2.53 bits per heavy atom. The Kier molecular flexibility index (Phi) is 2.43. The molecule has 5 heteroatoms. The van der Waals surface area contributed by atoms with E-state index in [1.54, 1.807) is 24.3 Å². The van der Waals surface area contributed by atoms with E-state index < -0.39 is 0 Å². The van der Waals surface area contributed by atoms with Crippen molar-refractivity contribution in [3.05, 3.63) is 35.6 Å². The first kappa shape index (κ1) is 9.73. The molecule has 0 bridgehead atoms. The summed E-state index contributed by atoms with van der Waals surface area (Å²) in [5, 5.41) is 16.7. The Morgan fingerprint density at radius 2 is 1.87 bits per heavy atom. The molecule has 2 rings (SSSR count). The van der Waals surface area contributed by atoms with Crippen LogP contribution in [0.5, 0.6) is 5.75 Å². The number of nitrogens with two attached hydrogens (primary N) is 1. The van der Waals surface area contributed by atoms with E-state index in [0.717, 1.165) is 5.56 Å². The van der Waals surface area contributed by atoms with E-state index in [1.807, 2.05) is 0 Å². The normalized spacial score (nSPS) is 10.2. The van der Waals surface area contributed by atoms with Gasteiger partial charge in [-0.15, -0.1) is 5.10 Å². The average Bonchev–Trinajstić information content (AvgIpc) is 2.24. The van der Waals surface area contributed by atoms with Crippen molar-refractivity contribution >= 4 is 17.3 Å². The van der Waals surface area contributed by atoms with Crippen LogP contribution in [-0.4, -0.2) is 15.3 Å². The summed E-state index contributed by atoms with van der Waals surface area (Å²) in [5.41, 5.74) is 7.68. The molecule has 0 saturated heterocycles. The number of nitrogen functional groups attached to an aromatic ring is 1. The smallest absolute Gasteiger partial charge is 0.175 e. The Hall–Kier alpha value is -1.81. The number of nitrogens with zero attached hydrogens (tertiary/aromatic N) is 2. The van der Waals surface area contributed by atoms with Crippen molar-refractivity contribution in [2.75, 3.05) is 5.73 Å². The largest absolute Gasteiger partial charge is 0.508 e. The van der Waals surface area contributed by atoms with E-state index in [9.17, 15) is 0 Å². The summed E-state index contributed by atoms with van der Waals surface area (Å²) < 4.78 is 0. The zero-order chi connectivity index (χ0) is 10.8. The van der Waals surface area contributed by atoms with Crippen molar-refractivity contribution in [2.24, 2.45) is 0 Å². The minimum Gasteiger partial charge on any atom is -0.508 e. The lowest BCUT2D eigenvalue weighted by Crippen LogP contribution is -1.95. The van der Waals surface area contributed by atoms with Crippen LogP contribution in [0.15, 0.2) is 30.5 Å². The molecule has 1 aromatic carbocycles. The molecule has 0 spiro atoms. The maximum atomic E-state index is 9.14. The van der Waals surface area contributed by atoms with Crippen molar-refractivity contribution < 1.29 is 5.11 Å². The van der Waals surface area contributed by atoms with Crippen molar-refractivity contribution in [1.82, 2.24) is 10.2 Å². The molecule has 0 fully saturated rings. The fourth-order valence-electron chi connectivity index (χ4n) is 1.24. The van der Waals surface area contributed by atoms with Crippen LogP contribution in [0.2, 0.25) is 5.15 Å². The molecule has 15 heavy (non-hydrogen) atoms. The highest BCUT2D eigenvalue weighted by Crippen LogP contribution is 2.29. The second kappa shape index (κ2) is 3.74. The summed E-state index contributed by atoms with van der Waals surface area (Å²) in [6.45, 7) is 0. The second-order valence-electron chi connectivity index (χ2n) is 3.01. The first-order chi connectivity index (χ1) is 7.18. The number of anilines is 1. The summed E-state index contributed by atoms with van der Waals surface area (Å²) in [4.78, 5) is 0. The molecule has 0 aliphatic carbocycles. The molecule has 0 atom stereocenters. The van der Waals surface area contributed by atoms with Crippen LogP contribution in [0, 0.1) is 0 Å². The van der Waals surface area contributed by atoms with E-state index >= 15 is 0 Å². The fourth-order valence-corrected chi connectivity index (χ4v) is 1.39. The number of hydrogen-bond acceptors (Lipinski definition) is 4. The van der Waals surface area contributed by atoms with Crippen molar-refractivity contribution in [2.45, 2.75) is 0 Å². The van der Waals surface area contributed by atoms with Gasteiger partial charge >= 0.3 is 0 Å². The lowest BCUT2D eigenvalue weighted by molar-refractivity contribution is 0.475. The summed E-state index contributed by atoms with van der Waals surface area (Å²) in [7, 11) is 0. The molecule has 0 aliphatic rings. The SMILES string of the molecule is Nc1c(-c2ccc(O)cc2)cnnc1Cl. The molecule has 76 valence electrons. The van der Waals surface area contributed by atoms with Crippen molar-refractivity contribution in [1.29, 1.82) is 0 Å². The maximum Gasteiger partial charge on any atom is 0.175 e. The zero-order valence-corrected chi connectivity index (χ0v) is 8.44. The van der Waals surface area contributed by atoms with Gasteiger partial charge in [0.1, 0.15) is 5.75 Å². The van der Waals surface area contributed by atoms with Gasteiger partial charge in [0.05, 0.1) is 11.9 Å². The van der Waals surface area contributed by atoms with Gasteiger partial charge in [-0.3, -0.25) is 0 Å². The Labute approximate surface area is 91.3 Å². The van der Waals surface area contributed by atoms with Gasteiger partial charge in [-0.25, -0.2) is 0 Å². The predicted molar refractivity (Wildman–Crippen MR) is 58.6 cm³/mol. The first-order valence-corrected chi connectivity index (χ1v) is 4.62. The van der Waals surface area contributed by atoms with E-state index in [1.165, 1.54) is 6.20 Å². The number of phenolic OH excluding ortho intramolecular Hbond substituents is 1. The molecule has 3 N–H and O–H groups in total. The third-order valence-electron chi connectivity index (χ3n) is 2.02. The van der Waals surface area contributed by atoms with E-state index in [-0.39, 0.29) is 10.9 Å². The fraction of sp³-hybridized carbons (Fsp3) is 0. The molecule has 0 saturated carbocycles. The van der Waals surface area contributed by atoms with E-state index in [4.69, 9.17) is 22.4 Å². The Balaban J connectivity index is 2.54. The third-order valence-corrected chi connectivity index (χ3v) is 2.30. The highest BCUT2D eigenvalue weighted by Gasteiger charge is 2.07. The maximum absolute atomic E-state index is 9.14. The minimum absolute atomic E-state index is 0.181. The van der Waals surface area contributed by atoms with Gasteiger partial charge in [0.25, 0.3) is 0 Å². The molecule has 1 aromatic heterocycles. The average molecular weight is 222 g/mol. The Bertz CT molecular complexity index is 485. The molecule has 0 radical (unpaired) electrons. The predicted octanol–water partition coefficient (Wildman–Crippen LogP) is 2.08. The highest BCUT2D eigenvalue weighted by molar-refractivity contribution is 6.32. The number of benzene rings is 1. The number of aromatic hydroxyl groups is 1. The van der Waals surface area contributed by atoms with Crippen LogP contribution in [0.3, 0.4) is 0 Å². The number of hydrogen-bond donors (Lipinski definition) is 2. The molecular formula is C10H8ClN3O. The van der Waals surface area contributed by atoms with Crippen LogP contribution < -0.4 is 5.73 Å². The molecule has 4 nitrogen and oxygen atoms in total. The van der Waals surface area contributed by atoms with Crippen LogP contribution in [0.4, 0.5) is 5.69 Å². The van der Waals surface area contributed by atoms with Crippen LogP contribution in [0.1, 0.15) is 0 Å². The monoisotopic (exact) mass is 221 g/mol. The number of phenols is 1. The lowest BCUT2D eigenvalue weighted by atomic mass is 10.1. The molecular weight excluding hydrogens is 214 g/mol. The van der Waals surface area contributed by atoms with Crippen molar-refractivity contribution in [3.63, 3.8) is 0 Å². The van der Waals surface area contributed by atoms with Gasteiger partial charge in [0, 0.05) is 5.56 Å². The van der Waals surface area contributed by atoms with Crippen LogP contribution in [-0.2, 0) is 0 Å². The summed E-state index contributed by atoms with van der Waals surface area (Å²) >= 11 is 5.75. The third kappa shape index (κ3) is 1.85. The van der Waals surface area contributed by atoms with Gasteiger partial charge in [0.2, 0.25) is 0 Å². The number of rotatable bonds is 1. The quantitative estimate of drug-likeness (QED) is 0.774. The van der Waals surface area contributed by atoms with Crippen LogP contribution in [0.25, 0.3) is 11.1 Å². The van der Waals surface area contributed by atoms with Gasteiger partial charge < -0.3 is 10.8 Å². The van der Waals surface area contributed by atoms with Gasteiger partial charge in [0.15, 0.2) is 5.15 Å².